The molecule has 0 aromatic heterocycles. The van der Waals surface area contributed by atoms with Crippen LogP contribution >= 0.6 is 0 Å². The number of nitrogens with one attached hydrogen (secondary N) is 2. The van der Waals surface area contributed by atoms with Gasteiger partial charge in [-0.2, -0.15) is 0 Å². The molecule has 2 N–H and O–H groups in total. The molecule has 0 aliphatic carbocycles. The minimum absolute atomic E-state index is 0.183. The van der Waals surface area contributed by atoms with Gasteiger partial charge in [-0.25, -0.2) is 0 Å². The van der Waals surface area contributed by atoms with Crippen molar-refractivity contribution in [1.82, 2.24) is 20.4 Å². The molecule has 0 spiro atoms. The van der Waals surface area contributed by atoms with Crippen LogP contribution in [-0.4, -0.2) is 74.0 Å². The first-order chi connectivity index (χ1) is 27.1. The van der Waals surface area contributed by atoms with E-state index in [2.05, 4.69) is 128 Å². The van der Waals surface area contributed by atoms with Gasteiger partial charge in [0.2, 0.25) is 11.8 Å². The fraction of sp³-hybridized carbons (Fsp3) is 0.531. The number of carbonyl (C=O) groups is 2. The molecule has 1 rings (SSSR count). The molecule has 1 saturated heterocycles. The molecule has 290 valence electrons. The fourth-order valence-electron chi connectivity index (χ4n) is 5.71. The summed E-state index contributed by atoms with van der Waals surface area (Å²) in [6.07, 6.45) is 33.6. The van der Waals surface area contributed by atoms with Crippen LogP contribution in [0.2, 0.25) is 0 Å². The second kappa shape index (κ2) is 37.1. The van der Waals surface area contributed by atoms with Crippen molar-refractivity contribution in [3.8, 4) is 47.9 Å². The molecular weight excluding hydrogens is 677 g/mol. The van der Waals surface area contributed by atoms with Crippen molar-refractivity contribution in [1.29, 1.82) is 0 Å². The number of carbonyl (C=O) groups excluding carboxylic acids is 2. The summed E-state index contributed by atoms with van der Waals surface area (Å²) >= 11 is 0. The van der Waals surface area contributed by atoms with Gasteiger partial charge in [0.1, 0.15) is 5.92 Å². The lowest BCUT2D eigenvalue weighted by molar-refractivity contribution is -0.122. The highest BCUT2D eigenvalue weighted by atomic mass is 16.2. The molecule has 1 heterocycles. The van der Waals surface area contributed by atoms with Crippen molar-refractivity contribution < 1.29 is 9.59 Å². The van der Waals surface area contributed by atoms with Gasteiger partial charge in [0.05, 0.1) is 0 Å². The predicted octanol–water partition coefficient (Wildman–Crippen LogP) is 7.74. The van der Waals surface area contributed by atoms with E-state index in [0.29, 0.717) is 13.0 Å². The van der Waals surface area contributed by atoms with E-state index in [0.717, 1.165) is 71.5 Å². The molecular formula is C49H62N4O2. The maximum absolute atomic E-state index is 12.9. The van der Waals surface area contributed by atoms with Gasteiger partial charge in [-0.3, -0.25) is 9.59 Å². The normalized spacial score (nSPS) is 12.5. The third kappa shape index (κ3) is 30.9. The molecule has 6 heteroatoms. The van der Waals surface area contributed by atoms with Crippen molar-refractivity contribution in [2.75, 3.05) is 52.4 Å². The minimum atomic E-state index is -0.701. The summed E-state index contributed by atoms with van der Waals surface area (Å²) in [6.45, 7) is 12.8. The van der Waals surface area contributed by atoms with Gasteiger partial charge < -0.3 is 20.4 Å². The van der Waals surface area contributed by atoms with Crippen LogP contribution in [0.25, 0.3) is 0 Å². The van der Waals surface area contributed by atoms with E-state index in [1.54, 1.807) is 18.2 Å². The van der Waals surface area contributed by atoms with E-state index in [9.17, 15) is 9.59 Å². The molecule has 1 atom stereocenters. The molecule has 6 nitrogen and oxygen atoms in total. The van der Waals surface area contributed by atoms with E-state index < -0.39 is 5.92 Å². The van der Waals surface area contributed by atoms with Gasteiger partial charge in [-0.1, -0.05) is 100.0 Å². The molecule has 0 aromatic rings. The van der Waals surface area contributed by atoms with Crippen molar-refractivity contribution >= 4 is 11.8 Å². The molecule has 0 bridgehead atoms. The standard InChI is InChI=1S/C49H62N4O2/c1-4-7-10-13-16-18-19-20-21-22-23-25-27-30-33-38-48(54)50-39-34-41-52-43-45-53(46-44-52)42-35-40-51-49(55)47(36-31-28-15-12-9-6-3)37-32-29-26-24-17-14-11-8-5-2/h3,20-21,29,32,37,47H,2,4,7,10,13,16,18-19,22-23,25,27,30,33-35,38-46H2,1H3,(H,50,54)(H,51,55). The second-order valence-corrected chi connectivity index (χ2v) is 13.3. The Morgan fingerprint density at radius 3 is 1.91 bits per heavy atom. The number of hydrogen-bond donors (Lipinski definition) is 2. The van der Waals surface area contributed by atoms with Crippen LogP contribution in [0, 0.1) is 53.8 Å². The molecule has 1 fully saturated rings. The van der Waals surface area contributed by atoms with Gasteiger partial charge in [0.25, 0.3) is 0 Å². The van der Waals surface area contributed by atoms with Crippen LogP contribution in [0.1, 0.15) is 110 Å². The SMILES string of the molecule is C#CC#CC#CC#CC(C=CC=C=C=C=C=C=C=C=C)C(=O)NCCCN1CCN(CCCNC(=O)CCCCCCCC=CCCCCCCCC)CC1. The fourth-order valence-corrected chi connectivity index (χ4v) is 5.71. The van der Waals surface area contributed by atoms with E-state index >= 15 is 0 Å². The zero-order valence-electron chi connectivity index (χ0n) is 33.4. The summed E-state index contributed by atoms with van der Waals surface area (Å²) in [6, 6.07) is 0. The van der Waals surface area contributed by atoms with Crippen molar-refractivity contribution in [2.24, 2.45) is 5.92 Å². The number of nitrogens with zero attached hydrogens (tertiary/aromatic N) is 2. The number of allylic oxidation sites excluding steroid dienone is 4. The van der Waals surface area contributed by atoms with Crippen molar-refractivity contribution in [3.05, 3.63) is 77.1 Å². The van der Waals surface area contributed by atoms with Crippen LogP contribution < -0.4 is 10.6 Å². The number of hydrogen-bond acceptors (Lipinski definition) is 4. The predicted molar refractivity (Wildman–Crippen MR) is 227 cm³/mol. The maximum atomic E-state index is 12.9. The Labute approximate surface area is 333 Å². The Morgan fingerprint density at radius 2 is 1.25 bits per heavy atom. The number of terminal acetylenes is 1. The second-order valence-electron chi connectivity index (χ2n) is 13.3. The van der Waals surface area contributed by atoms with Gasteiger partial charge in [-0.15, -0.1) is 6.42 Å². The number of unbranched alkanes of at least 4 members (excludes halogenated alkanes) is 11. The van der Waals surface area contributed by atoms with Crippen LogP contribution in [0.5, 0.6) is 0 Å². The van der Waals surface area contributed by atoms with Gasteiger partial charge in [0, 0.05) is 45.7 Å². The van der Waals surface area contributed by atoms with Crippen LogP contribution in [0.4, 0.5) is 0 Å². The lowest BCUT2D eigenvalue weighted by atomic mass is 10.1. The highest BCUT2D eigenvalue weighted by Gasteiger charge is 2.17. The Balaban J connectivity index is 2.22. The summed E-state index contributed by atoms with van der Waals surface area (Å²) in [5.41, 5.74) is 18.0. The first-order valence-corrected chi connectivity index (χ1v) is 20.2. The number of amides is 2. The molecule has 1 aliphatic rings. The van der Waals surface area contributed by atoms with Gasteiger partial charge >= 0.3 is 0 Å². The molecule has 0 radical (unpaired) electrons. The summed E-state index contributed by atoms with van der Waals surface area (Å²) < 4.78 is 0. The molecule has 55 heavy (non-hydrogen) atoms. The average molecular weight is 739 g/mol. The van der Waals surface area contributed by atoms with Crippen LogP contribution in [0.3, 0.4) is 0 Å². The third-order valence-electron chi connectivity index (χ3n) is 8.78. The third-order valence-corrected chi connectivity index (χ3v) is 8.78. The summed E-state index contributed by atoms with van der Waals surface area (Å²) in [5, 5.41) is 6.10. The summed E-state index contributed by atoms with van der Waals surface area (Å²) in [4.78, 5) is 30.1. The van der Waals surface area contributed by atoms with Crippen molar-refractivity contribution in [3.63, 3.8) is 0 Å². The van der Waals surface area contributed by atoms with Crippen molar-refractivity contribution in [2.45, 2.75) is 110 Å². The molecule has 0 saturated carbocycles. The quantitative estimate of drug-likeness (QED) is 0.0314. The zero-order chi connectivity index (χ0) is 39.7. The number of rotatable bonds is 26. The highest BCUT2D eigenvalue weighted by Crippen LogP contribution is 2.10. The molecule has 1 aliphatic heterocycles. The highest BCUT2D eigenvalue weighted by molar-refractivity contribution is 5.83. The Bertz CT molecular complexity index is 1690. The van der Waals surface area contributed by atoms with E-state index in [4.69, 9.17) is 6.42 Å². The van der Waals surface area contributed by atoms with Gasteiger partial charge in [-0.05, 0) is 135 Å². The molecule has 2 amide bonds. The Morgan fingerprint density at radius 1 is 0.691 bits per heavy atom. The van der Waals surface area contributed by atoms with Gasteiger partial charge in [0.15, 0.2) is 0 Å². The average Bonchev–Trinajstić information content (AvgIpc) is 3.19. The van der Waals surface area contributed by atoms with Crippen LogP contribution in [0.15, 0.2) is 77.1 Å². The van der Waals surface area contributed by atoms with Crippen LogP contribution in [-0.2, 0) is 9.59 Å². The van der Waals surface area contributed by atoms with E-state index in [1.807, 2.05) is 0 Å². The topological polar surface area (TPSA) is 64.7 Å². The molecule has 0 aromatic carbocycles. The summed E-state index contributed by atoms with van der Waals surface area (Å²) in [7, 11) is 0. The first kappa shape index (κ1) is 47.8. The Hall–Kier alpha value is -5.22. The lowest BCUT2D eigenvalue weighted by Crippen LogP contribution is -2.47. The Kier molecular flexibility index (Phi) is 32.3. The smallest absolute Gasteiger partial charge is 0.239 e. The zero-order valence-corrected chi connectivity index (χ0v) is 33.4. The monoisotopic (exact) mass is 738 g/mol. The van der Waals surface area contributed by atoms with E-state index in [-0.39, 0.29) is 11.8 Å². The number of piperazine rings is 1. The minimum Gasteiger partial charge on any atom is -0.356 e. The lowest BCUT2D eigenvalue weighted by Gasteiger charge is -2.34. The first-order valence-electron chi connectivity index (χ1n) is 20.2. The molecule has 1 unspecified atom stereocenters. The summed E-state index contributed by atoms with van der Waals surface area (Å²) in [5.74, 6) is 17.0. The van der Waals surface area contributed by atoms with E-state index in [1.165, 1.54) is 70.6 Å². The maximum Gasteiger partial charge on any atom is 0.239 e. The largest absolute Gasteiger partial charge is 0.356 e.